The van der Waals surface area contributed by atoms with Crippen molar-refractivity contribution in [1.82, 2.24) is 19.5 Å². The smallest absolute Gasteiger partial charge is 0.164 e. The number of thiophene rings is 1. The van der Waals surface area contributed by atoms with Gasteiger partial charge in [0.1, 0.15) is 0 Å². The summed E-state index contributed by atoms with van der Waals surface area (Å²) in [6.45, 7) is 0. The molecule has 3 aromatic heterocycles. The van der Waals surface area contributed by atoms with Crippen LogP contribution in [-0.4, -0.2) is 19.5 Å². The summed E-state index contributed by atoms with van der Waals surface area (Å²) >= 11 is 1.87. The molecule has 5 heteroatoms. The van der Waals surface area contributed by atoms with Crippen LogP contribution in [0.1, 0.15) is 0 Å². The average molecular weight is 857 g/mol. The first-order valence-electron chi connectivity index (χ1n) is 22.3. The lowest BCUT2D eigenvalue weighted by atomic mass is 9.93. The van der Waals surface area contributed by atoms with Crippen molar-refractivity contribution in [3.05, 3.63) is 218 Å². The molecule has 3 heterocycles. The van der Waals surface area contributed by atoms with E-state index in [0.717, 1.165) is 44.4 Å². The van der Waals surface area contributed by atoms with Crippen LogP contribution >= 0.6 is 11.3 Å². The van der Waals surface area contributed by atoms with Gasteiger partial charge in [0.05, 0.1) is 16.7 Å². The second-order valence-electron chi connectivity index (χ2n) is 17.1. The summed E-state index contributed by atoms with van der Waals surface area (Å²) in [7, 11) is 0. The van der Waals surface area contributed by atoms with Gasteiger partial charge >= 0.3 is 0 Å². The predicted octanol–water partition coefficient (Wildman–Crippen LogP) is 16.6. The molecule has 0 aliphatic rings. The third-order valence-corrected chi connectivity index (χ3v) is 14.6. The Balaban J connectivity index is 1.09. The minimum absolute atomic E-state index is 0.616. The normalized spacial score (nSPS) is 11.9. The zero-order valence-electron chi connectivity index (χ0n) is 35.5. The van der Waals surface area contributed by atoms with E-state index in [2.05, 4.69) is 205 Å². The van der Waals surface area contributed by atoms with Gasteiger partial charge < -0.3 is 4.57 Å². The molecule has 14 aromatic rings. The molecule has 306 valence electrons. The van der Waals surface area contributed by atoms with Crippen LogP contribution < -0.4 is 0 Å². The molecule has 0 fully saturated rings. The van der Waals surface area contributed by atoms with Crippen molar-refractivity contribution < 1.29 is 0 Å². The van der Waals surface area contributed by atoms with Crippen LogP contribution in [0.5, 0.6) is 0 Å². The molecule has 0 bridgehead atoms. The molecule has 0 saturated carbocycles. The number of aromatic nitrogens is 4. The third kappa shape index (κ3) is 5.67. The number of rotatable bonds is 5. The molecule has 0 N–H and O–H groups in total. The Kier molecular flexibility index (Phi) is 8.12. The van der Waals surface area contributed by atoms with E-state index < -0.39 is 0 Å². The van der Waals surface area contributed by atoms with Crippen molar-refractivity contribution in [2.75, 3.05) is 0 Å². The number of fused-ring (bicyclic) bond motifs is 12. The van der Waals surface area contributed by atoms with E-state index in [9.17, 15) is 0 Å². The van der Waals surface area contributed by atoms with Crippen LogP contribution in [0.4, 0.5) is 0 Å². The largest absolute Gasteiger partial charge is 0.309 e. The molecule has 0 amide bonds. The molecular weight excluding hydrogens is 821 g/mol. The molecule has 0 aliphatic heterocycles. The van der Waals surface area contributed by atoms with Crippen LogP contribution in [-0.2, 0) is 0 Å². The van der Waals surface area contributed by atoms with Gasteiger partial charge in [0.2, 0.25) is 0 Å². The topological polar surface area (TPSA) is 43.6 Å². The maximum absolute atomic E-state index is 5.42. The summed E-state index contributed by atoms with van der Waals surface area (Å²) in [6.07, 6.45) is 0. The first-order chi connectivity index (χ1) is 32.7. The predicted molar refractivity (Wildman–Crippen MR) is 279 cm³/mol. The lowest BCUT2D eigenvalue weighted by Crippen LogP contribution is -2.02. The summed E-state index contributed by atoms with van der Waals surface area (Å²) in [5.74, 6) is 1.88. The van der Waals surface area contributed by atoms with Crippen molar-refractivity contribution in [1.29, 1.82) is 0 Å². The van der Waals surface area contributed by atoms with Gasteiger partial charge in [-0.25, -0.2) is 15.0 Å². The fourth-order valence-corrected chi connectivity index (χ4v) is 11.6. The van der Waals surface area contributed by atoms with Crippen molar-refractivity contribution in [2.45, 2.75) is 0 Å². The Morgan fingerprint density at radius 2 is 0.970 bits per heavy atom. The first-order valence-corrected chi connectivity index (χ1v) is 23.2. The van der Waals surface area contributed by atoms with Gasteiger partial charge in [-0.3, -0.25) is 0 Å². The van der Waals surface area contributed by atoms with Crippen LogP contribution in [0.3, 0.4) is 0 Å². The molecular formula is C61H36N4S. The minimum atomic E-state index is 0.616. The summed E-state index contributed by atoms with van der Waals surface area (Å²) in [5.41, 5.74) is 8.48. The molecule has 11 aromatic carbocycles. The number of benzene rings is 11. The minimum Gasteiger partial charge on any atom is -0.309 e. The second kappa shape index (κ2) is 14.5. The fourth-order valence-electron chi connectivity index (χ4n) is 10.3. The van der Waals surface area contributed by atoms with E-state index in [1.165, 1.54) is 74.2 Å². The quantitative estimate of drug-likeness (QED) is 0.162. The molecule has 14 rings (SSSR count). The molecule has 0 radical (unpaired) electrons. The number of para-hydroxylation sites is 1. The van der Waals surface area contributed by atoms with E-state index in [1.807, 2.05) is 29.5 Å². The molecule has 0 aliphatic carbocycles. The molecule has 0 unspecified atom stereocenters. The zero-order valence-corrected chi connectivity index (χ0v) is 36.3. The van der Waals surface area contributed by atoms with E-state index in [1.54, 1.807) is 0 Å². The second-order valence-corrected chi connectivity index (χ2v) is 18.2. The van der Waals surface area contributed by atoms with Crippen molar-refractivity contribution >= 4 is 96.4 Å². The number of nitrogens with zero attached hydrogens (tertiary/aromatic N) is 4. The summed E-state index contributed by atoms with van der Waals surface area (Å²) in [5, 5.41) is 14.5. The Morgan fingerprint density at radius 1 is 0.318 bits per heavy atom. The highest BCUT2D eigenvalue weighted by Gasteiger charge is 2.23. The van der Waals surface area contributed by atoms with Gasteiger partial charge in [-0.2, -0.15) is 0 Å². The zero-order chi connectivity index (χ0) is 43.3. The molecule has 0 spiro atoms. The Hall–Kier alpha value is -8.51. The van der Waals surface area contributed by atoms with Crippen LogP contribution in [0, 0.1) is 0 Å². The Morgan fingerprint density at radius 3 is 1.82 bits per heavy atom. The SMILES string of the molecule is c1ccc(-c2nc(-c3ccc(-n4c5ccccc5c5cc6ccccc6cc54)c(-c4cc5ccccc5c5sc6ccccc6c45)c3)nc(-c3cccc4c3ccc3ccccc34)n2)cc1. The van der Waals surface area contributed by atoms with Gasteiger partial charge in [-0.05, 0) is 97.2 Å². The van der Waals surface area contributed by atoms with Crippen molar-refractivity contribution in [3.8, 4) is 51.0 Å². The molecule has 4 nitrogen and oxygen atoms in total. The van der Waals surface area contributed by atoms with Gasteiger partial charge in [-0.15, -0.1) is 11.3 Å². The highest BCUT2D eigenvalue weighted by atomic mass is 32.1. The maximum atomic E-state index is 5.42. The van der Waals surface area contributed by atoms with Gasteiger partial charge in [-0.1, -0.05) is 170 Å². The average Bonchev–Trinajstić information content (AvgIpc) is 3.93. The Labute approximate surface area is 383 Å². The van der Waals surface area contributed by atoms with Gasteiger partial charge in [0.25, 0.3) is 0 Å². The molecule has 66 heavy (non-hydrogen) atoms. The summed E-state index contributed by atoms with van der Waals surface area (Å²) in [6, 6.07) is 78.8. The van der Waals surface area contributed by atoms with Gasteiger partial charge in [0.15, 0.2) is 17.5 Å². The highest BCUT2D eigenvalue weighted by Crippen LogP contribution is 2.47. The standard InChI is InChI=1S/C61H36N4S/c1-2-16-38(17-3-1)59-62-60(64-61(63-59)48-26-14-25-45-43-21-8-6-15-37(43)29-31-46(45)48)42-30-32-54(65-53-27-12-10-23-47(53)50-33-39-18-4-5-19-40(39)36-55(50)65)51(35-42)52-34-41-20-7-9-22-44(41)58-57(52)49-24-11-13-28-56(49)66-58/h1-36H. The fraction of sp³-hybridized carbons (Fsp3) is 0. The number of hydrogen-bond acceptors (Lipinski definition) is 4. The van der Waals surface area contributed by atoms with E-state index in [-0.39, 0.29) is 0 Å². The van der Waals surface area contributed by atoms with Crippen LogP contribution in [0.25, 0.3) is 136 Å². The van der Waals surface area contributed by atoms with Crippen molar-refractivity contribution in [3.63, 3.8) is 0 Å². The van der Waals surface area contributed by atoms with Gasteiger partial charge in [0, 0.05) is 53.2 Å². The molecule has 0 atom stereocenters. The lowest BCUT2D eigenvalue weighted by Gasteiger charge is -2.18. The van der Waals surface area contributed by atoms with Crippen LogP contribution in [0.15, 0.2) is 218 Å². The van der Waals surface area contributed by atoms with Crippen LogP contribution in [0.2, 0.25) is 0 Å². The van der Waals surface area contributed by atoms with E-state index >= 15 is 0 Å². The first kappa shape index (κ1) is 36.9. The van der Waals surface area contributed by atoms with E-state index in [0.29, 0.717) is 17.5 Å². The van der Waals surface area contributed by atoms with Crippen molar-refractivity contribution in [2.24, 2.45) is 0 Å². The number of hydrogen-bond donors (Lipinski definition) is 0. The summed E-state index contributed by atoms with van der Waals surface area (Å²) < 4.78 is 5.02. The monoisotopic (exact) mass is 856 g/mol. The lowest BCUT2D eigenvalue weighted by molar-refractivity contribution is 1.07. The Bertz CT molecular complexity index is 4300. The van der Waals surface area contributed by atoms with E-state index in [4.69, 9.17) is 15.0 Å². The summed E-state index contributed by atoms with van der Waals surface area (Å²) in [4.78, 5) is 16.0. The third-order valence-electron chi connectivity index (χ3n) is 13.4. The maximum Gasteiger partial charge on any atom is 0.164 e. The molecule has 0 saturated heterocycles. The highest BCUT2D eigenvalue weighted by molar-refractivity contribution is 7.26.